The fourth-order valence-corrected chi connectivity index (χ4v) is 3.41. The van der Waals surface area contributed by atoms with Crippen molar-refractivity contribution < 1.29 is 9.59 Å². The van der Waals surface area contributed by atoms with Crippen molar-refractivity contribution in [2.24, 2.45) is 7.05 Å². The van der Waals surface area contributed by atoms with E-state index in [0.29, 0.717) is 18.8 Å². The summed E-state index contributed by atoms with van der Waals surface area (Å²) in [5, 5.41) is 7.48. The second-order valence-electron chi connectivity index (χ2n) is 6.83. The molecule has 0 spiro atoms. The second-order valence-corrected chi connectivity index (χ2v) is 6.83. The summed E-state index contributed by atoms with van der Waals surface area (Å²) in [5.74, 6) is 0.00790. The number of rotatable bonds is 3. The van der Waals surface area contributed by atoms with E-state index in [2.05, 4.69) is 10.4 Å². The van der Waals surface area contributed by atoms with Crippen LogP contribution < -0.4 is 5.32 Å². The van der Waals surface area contributed by atoms with Gasteiger partial charge in [0.2, 0.25) is 0 Å². The molecule has 1 fully saturated rings. The molecule has 3 amide bonds. The van der Waals surface area contributed by atoms with E-state index in [9.17, 15) is 9.59 Å². The second kappa shape index (κ2) is 6.83. The number of fused-ring (bicyclic) bond motifs is 1. The van der Waals surface area contributed by atoms with E-state index in [1.165, 1.54) is 0 Å². The fourth-order valence-electron chi connectivity index (χ4n) is 3.41. The quantitative estimate of drug-likeness (QED) is 0.912. The molecule has 3 rings (SSSR count). The SMILES string of the molecule is CCC(C)NC(=O)N1CCc2c(c(C(=O)N3CCCC3)nn2C)C1. The minimum absolute atomic E-state index is 0.00790. The Labute approximate surface area is 143 Å². The van der Waals surface area contributed by atoms with Crippen LogP contribution in [0.1, 0.15) is 54.9 Å². The minimum atomic E-state index is -0.0570. The van der Waals surface area contributed by atoms with Gasteiger partial charge in [0.1, 0.15) is 0 Å². The molecule has 1 unspecified atom stereocenters. The van der Waals surface area contributed by atoms with E-state index in [0.717, 1.165) is 50.0 Å². The largest absolute Gasteiger partial charge is 0.337 e. The summed E-state index contributed by atoms with van der Waals surface area (Å²) in [5.41, 5.74) is 2.51. The topological polar surface area (TPSA) is 70.5 Å². The lowest BCUT2D eigenvalue weighted by Gasteiger charge is -2.29. The van der Waals surface area contributed by atoms with E-state index in [4.69, 9.17) is 0 Å². The molecule has 0 bridgehead atoms. The molecule has 0 radical (unpaired) electrons. The summed E-state index contributed by atoms with van der Waals surface area (Å²) in [6.45, 7) is 6.78. The highest BCUT2D eigenvalue weighted by Gasteiger charge is 2.32. The van der Waals surface area contributed by atoms with Gasteiger partial charge in [-0.1, -0.05) is 6.92 Å². The minimum Gasteiger partial charge on any atom is -0.337 e. The van der Waals surface area contributed by atoms with Crippen molar-refractivity contribution in [3.63, 3.8) is 0 Å². The van der Waals surface area contributed by atoms with Gasteiger partial charge in [0.25, 0.3) is 5.91 Å². The van der Waals surface area contributed by atoms with Crippen molar-refractivity contribution in [1.29, 1.82) is 0 Å². The normalized spacial score (nSPS) is 18.5. The highest BCUT2D eigenvalue weighted by Crippen LogP contribution is 2.24. The van der Waals surface area contributed by atoms with Crippen molar-refractivity contribution in [3.05, 3.63) is 17.0 Å². The van der Waals surface area contributed by atoms with E-state index >= 15 is 0 Å². The Morgan fingerprint density at radius 2 is 1.92 bits per heavy atom. The van der Waals surface area contributed by atoms with Crippen LogP contribution in [0.4, 0.5) is 4.79 Å². The molecule has 0 aromatic carbocycles. The first-order valence-corrected chi connectivity index (χ1v) is 8.90. The lowest BCUT2D eigenvalue weighted by Crippen LogP contribution is -2.46. The van der Waals surface area contributed by atoms with Crippen LogP contribution in [0, 0.1) is 0 Å². The molecule has 3 heterocycles. The van der Waals surface area contributed by atoms with Gasteiger partial charge in [-0.15, -0.1) is 0 Å². The average molecular weight is 333 g/mol. The molecule has 7 heteroatoms. The predicted molar refractivity (Wildman–Crippen MR) is 90.7 cm³/mol. The van der Waals surface area contributed by atoms with Crippen LogP contribution in [-0.2, 0) is 20.0 Å². The first-order valence-electron chi connectivity index (χ1n) is 8.90. The van der Waals surface area contributed by atoms with E-state index in [-0.39, 0.29) is 18.0 Å². The standard InChI is InChI=1S/C17H27N5O2/c1-4-12(2)18-17(24)22-10-7-14-13(11-22)15(19-20(14)3)16(23)21-8-5-6-9-21/h12H,4-11H2,1-3H3,(H,18,24). The highest BCUT2D eigenvalue weighted by atomic mass is 16.2. The first kappa shape index (κ1) is 16.8. The maximum Gasteiger partial charge on any atom is 0.317 e. The summed E-state index contributed by atoms with van der Waals surface area (Å²) in [6.07, 6.45) is 3.75. The van der Waals surface area contributed by atoms with Crippen LogP contribution >= 0.6 is 0 Å². The molecule has 132 valence electrons. The fraction of sp³-hybridized carbons (Fsp3) is 0.706. The number of aryl methyl sites for hydroxylation is 1. The number of urea groups is 1. The lowest BCUT2D eigenvalue weighted by atomic mass is 10.0. The highest BCUT2D eigenvalue weighted by molar-refractivity contribution is 5.94. The maximum absolute atomic E-state index is 12.8. The van der Waals surface area contributed by atoms with Crippen molar-refractivity contribution in [3.8, 4) is 0 Å². The first-order chi connectivity index (χ1) is 11.5. The number of hydrogen-bond acceptors (Lipinski definition) is 3. The number of carbonyl (C=O) groups is 2. The number of carbonyl (C=O) groups excluding carboxylic acids is 2. The Hall–Kier alpha value is -2.05. The van der Waals surface area contributed by atoms with E-state index in [1.54, 1.807) is 4.90 Å². The Bertz CT molecular complexity index is 633. The molecule has 2 aliphatic rings. The van der Waals surface area contributed by atoms with Crippen LogP contribution in [0.5, 0.6) is 0 Å². The molecule has 7 nitrogen and oxygen atoms in total. The summed E-state index contributed by atoms with van der Waals surface area (Å²) < 4.78 is 1.81. The zero-order valence-electron chi connectivity index (χ0n) is 14.8. The Morgan fingerprint density at radius 1 is 1.21 bits per heavy atom. The summed E-state index contributed by atoms with van der Waals surface area (Å²) in [6, 6.07) is 0.0944. The molecule has 1 N–H and O–H groups in total. The molecule has 0 aliphatic carbocycles. The van der Waals surface area contributed by atoms with Crippen LogP contribution in [0.3, 0.4) is 0 Å². The number of likely N-dealkylation sites (tertiary alicyclic amines) is 1. The molecular weight excluding hydrogens is 306 g/mol. The van der Waals surface area contributed by atoms with Gasteiger partial charge in [0.15, 0.2) is 5.69 Å². The zero-order chi connectivity index (χ0) is 17.3. The third kappa shape index (κ3) is 3.12. The molecular formula is C17H27N5O2. The Morgan fingerprint density at radius 3 is 2.58 bits per heavy atom. The number of nitrogens with one attached hydrogen (secondary N) is 1. The maximum atomic E-state index is 12.8. The number of amides is 3. The van der Waals surface area contributed by atoms with Crippen LogP contribution in [-0.4, -0.2) is 57.2 Å². The molecule has 1 atom stereocenters. The lowest BCUT2D eigenvalue weighted by molar-refractivity contribution is 0.0783. The van der Waals surface area contributed by atoms with Gasteiger partial charge in [-0.3, -0.25) is 9.48 Å². The molecule has 1 aromatic heterocycles. The average Bonchev–Trinajstić information content (AvgIpc) is 3.22. The molecule has 1 aromatic rings. The van der Waals surface area contributed by atoms with E-state index in [1.807, 2.05) is 30.5 Å². The third-order valence-electron chi connectivity index (χ3n) is 5.11. The smallest absolute Gasteiger partial charge is 0.317 e. The van der Waals surface area contributed by atoms with Gasteiger partial charge in [0, 0.05) is 50.4 Å². The third-order valence-corrected chi connectivity index (χ3v) is 5.11. The number of hydrogen-bond donors (Lipinski definition) is 1. The van der Waals surface area contributed by atoms with Crippen molar-refractivity contribution in [1.82, 2.24) is 24.9 Å². The monoisotopic (exact) mass is 333 g/mol. The van der Waals surface area contributed by atoms with Crippen molar-refractivity contribution in [2.75, 3.05) is 19.6 Å². The van der Waals surface area contributed by atoms with Crippen LogP contribution in [0.15, 0.2) is 0 Å². The Kier molecular flexibility index (Phi) is 4.78. The van der Waals surface area contributed by atoms with Gasteiger partial charge in [-0.25, -0.2) is 4.79 Å². The van der Waals surface area contributed by atoms with Crippen LogP contribution in [0.25, 0.3) is 0 Å². The predicted octanol–water partition coefficient (Wildman–Crippen LogP) is 1.52. The van der Waals surface area contributed by atoms with E-state index < -0.39 is 0 Å². The number of aromatic nitrogens is 2. The van der Waals surface area contributed by atoms with Gasteiger partial charge in [-0.05, 0) is 26.2 Å². The zero-order valence-corrected chi connectivity index (χ0v) is 14.8. The molecule has 2 aliphatic heterocycles. The van der Waals surface area contributed by atoms with Crippen molar-refractivity contribution >= 4 is 11.9 Å². The number of nitrogens with zero attached hydrogens (tertiary/aromatic N) is 4. The van der Waals surface area contributed by atoms with Gasteiger partial charge < -0.3 is 15.1 Å². The van der Waals surface area contributed by atoms with Gasteiger partial charge in [0.05, 0.1) is 6.54 Å². The summed E-state index contributed by atoms with van der Waals surface area (Å²) in [4.78, 5) is 28.8. The van der Waals surface area contributed by atoms with Gasteiger partial charge >= 0.3 is 6.03 Å². The van der Waals surface area contributed by atoms with Crippen molar-refractivity contribution in [2.45, 2.75) is 52.1 Å². The van der Waals surface area contributed by atoms with Crippen LogP contribution in [0.2, 0.25) is 0 Å². The molecule has 1 saturated heterocycles. The Balaban J connectivity index is 1.79. The van der Waals surface area contributed by atoms with Gasteiger partial charge in [-0.2, -0.15) is 5.10 Å². The summed E-state index contributed by atoms with van der Waals surface area (Å²) in [7, 11) is 1.88. The molecule has 24 heavy (non-hydrogen) atoms. The summed E-state index contributed by atoms with van der Waals surface area (Å²) >= 11 is 0. The molecule has 0 saturated carbocycles.